The standard InChI is InChI=1S/C23H16ClFN2O6/c1-13(22(29)26-16-9-7-15(25)8-10-16)33-23(30)18-5-3-2-4-17(18)21(28)14-6-11-19(24)20(12-14)27(31)32/h2-13H,1H3,(H,26,29). The second-order valence-electron chi connectivity index (χ2n) is 6.84. The summed E-state index contributed by atoms with van der Waals surface area (Å²) < 4.78 is 18.2. The van der Waals surface area contributed by atoms with E-state index >= 15 is 0 Å². The van der Waals surface area contributed by atoms with Gasteiger partial charge in [0.25, 0.3) is 11.6 Å². The largest absolute Gasteiger partial charge is 0.449 e. The number of nitro groups is 1. The lowest BCUT2D eigenvalue weighted by Crippen LogP contribution is -2.30. The number of nitrogens with zero attached hydrogens (tertiary/aromatic N) is 1. The van der Waals surface area contributed by atoms with E-state index in [1.54, 1.807) is 0 Å². The van der Waals surface area contributed by atoms with Gasteiger partial charge in [-0.15, -0.1) is 0 Å². The molecule has 33 heavy (non-hydrogen) atoms. The van der Waals surface area contributed by atoms with Crippen molar-refractivity contribution in [1.29, 1.82) is 0 Å². The van der Waals surface area contributed by atoms with E-state index in [9.17, 15) is 28.9 Å². The number of nitro benzene ring substituents is 1. The quantitative estimate of drug-likeness (QED) is 0.229. The zero-order chi connectivity index (χ0) is 24.1. The Labute approximate surface area is 192 Å². The summed E-state index contributed by atoms with van der Waals surface area (Å²) in [5.74, 6) is -2.73. The molecule has 3 rings (SSSR count). The number of benzene rings is 3. The molecular weight excluding hydrogens is 455 g/mol. The fourth-order valence-electron chi connectivity index (χ4n) is 2.86. The van der Waals surface area contributed by atoms with Crippen LogP contribution in [0.4, 0.5) is 15.8 Å². The number of ether oxygens (including phenoxy) is 1. The van der Waals surface area contributed by atoms with Gasteiger partial charge in [-0.1, -0.05) is 29.8 Å². The molecule has 168 valence electrons. The highest BCUT2D eigenvalue weighted by molar-refractivity contribution is 6.33. The molecular formula is C23H16ClFN2O6. The van der Waals surface area contributed by atoms with Gasteiger partial charge >= 0.3 is 5.97 Å². The summed E-state index contributed by atoms with van der Waals surface area (Å²) >= 11 is 5.79. The zero-order valence-electron chi connectivity index (χ0n) is 17.1. The van der Waals surface area contributed by atoms with Crippen LogP contribution in [0.2, 0.25) is 5.02 Å². The lowest BCUT2D eigenvalue weighted by Gasteiger charge is -2.15. The van der Waals surface area contributed by atoms with E-state index in [4.69, 9.17) is 16.3 Å². The molecule has 0 radical (unpaired) electrons. The van der Waals surface area contributed by atoms with Crippen LogP contribution in [-0.4, -0.2) is 28.7 Å². The van der Waals surface area contributed by atoms with E-state index in [-0.39, 0.29) is 21.7 Å². The van der Waals surface area contributed by atoms with Crippen molar-refractivity contribution < 1.29 is 28.4 Å². The molecule has 1 amide bonds. The van der Waals surface area contributed by atoms with Crippen molar-refractivity contribution in [1.82, 2.24) is 0 Å². The van der Waals surface area contributed by atoms with Gasteiger partial charge in [0.1, 0.15) is 10.8 Å². The molecule has 1 N–H and O–H groups in total. The topological polar surface area (TPSA) is 116 Å². The first-order chi connectivity index (χ1) is 15.7. The molecule has 0 aliphatic heterocycles. The second kappa shape index (κ2) is 10.0. The van der Waals surface area contributed by atoms with Gasteiger partial charge in [0.2, 0.25) is 0 Å². The SMILES string of the molecule is CC(OC(=O)c1ccccc1C(=O)c1ccc(Cl)c([N+](=O)[O-])c1)C(=O)Nc1ccc(F)cc1. The molecule has 0 spiro atoms. The first-order valence-corrected chi connectivity index (χ1v) is 9.90. The van der Waals surface area contributed by atoms with Crippen LogP contribution >= 0.6 is 11.6 Å². The van der Waals surface area contributed by atoms with Gasteiger partial charge in [-0.3, -0.25) is 19.7 Å². The summed E-state index contributed by atoms with van der Waals surface area (Å²) in [6, 6.07) is 14.3. The van der Waals surface area contributed by atoms with Crippen molar-refractivity contribution in [3.63, 3.8) is 0 Å². The molecule has 0 saturated carbocycles. The summed E-state index contributed by atoms with van der Waals surface area (Å²) in [5.41, 5.74) is -0.377. The summed E-state index contributed by atoms with van der Waals surface area (Å²) in [5, 5.41) is 13.5. The number of hydrogen-bond acceptors (Lipinski definition) is 6. The maximum atomic E-state index is 13.0. The number of hydrogen-bond donors (Lipinski definition) is 1. The molecule has 8 nitrogen and oxygen atoms in total. The van der Waals surface area contributed by atoms with Crippen LogP contribution in [0.5, 0.6) is 0 Å². The number of rotatable bonds is 7. The molecule has 0 saturated heterocycles. The molecule has 0 aromatic heterocycles. The molecule has 1 atom stereocenters. The fourth-order valence-corrected chi connectivity index (χ4v) is 3.05. The minimum absolute atomic E-state index is 0.0477. The molecule has 0 aliphatic rings. The van der Waals surface area contributed by atoms with Gasteiger partial charge in [0, 0.05) is 22.9 Å². The first kappa shape index (κ1) is 23.6. The fraction of sp³-hybridized carbons (Fsp3) is 0.0870. The number of carbonyl (C=O) groups excluding carboxylic acids is 3. The third-order valence-electron chi connectivity index (χ3n) is 4.56. The number of esters is 1. The Kier molecular flexibility index (Phi) is 7.14. The van der Waals surface area contributed by atoms with Gasteiger partial charge in [-0.2, -0.15) is 0 Å². The molecule has 3 aromatic rings. The van der Waals surface area contributed by atoms with Crippen LogP contribution in [0, 0.1) is 15.9 Å². The van der Waals surface area contributed by atoms with Gasteiger partial charge in [-0.05, 0) is 49.4 Å². The van der Waals surface area contributed by atoms with E-state index < -0.39 is 40.2 Å². The van der Waals surface area contributed by atoms with Crippen LogP contribution in [0.3, 0.4) is 0 Å². The van der Waals surface area contributed by atoms with Gasteiger partial charge in [-0.25, -0.2) is 9.18 Å². The minimum atomic E-state index is -1.23. The number of ketones is 1. The lowest BCUT2D eigenvalue weighted by molar-refractivity contribution is -0.384. The Morgan fingerprint density at radius 2 is 1.67 bits per heavy atom. The van der Waals surface area contributed by atoms with Crippen LogP contribution in [-0.2, 0) is 9.53 Å². The van der Waals surface area contributed by atoms with Crippen molar-refractivity contribution in [3.05, 3.63) is 104 Å². The van der Waals surface area contributed by atoms with E-state index in [0.717, 1.165) is 18.2 Å². The maximum Gasteiger partial charge on any atom is 0.339 e. The molecule has 0 aliphatic carbocycles. The smallest absolute Gasteiger partial charge is 0.339 e. The predicted molar refractivity (Wildman–Crippen MR) is 118 cm³/mol. The first-order valence-electron chi connectivity index (χ1n) is 9.52. The Bertz CT molecular complexity index is 1250. The molecule has 0 heterocycles. The van der Waals surface area contributed by atoms with Gasteiger partial charge in [0.15, 0.2) is 11.9 Å². The summed E-state index contributed by atoms with van der Waals surface area (Å²) in [6.45, 7) is 1.34. The van der Waals surface area contributed by atoms with Gasteiger partial charge in [0.05, 0.1) is 10.5 Å². The van der Waals surface area contributed by atoms with Crippen LogP contribution < -0.4 is 5.32 Å². The lowest BCUT2D eigenvalue weighted by atomic mass is 9.98. The van der Waals surface area contributed by atoms with Crippen LogP contribution in [0.15, 0.2) is 66.7 Å². The summed E-state index contributed by atoms with van der Waals surface area (Å²) in [7, 11) is 0. The van der Waals surface area contributed by atoms with Crippen LogP contribution in [0.25, 0.3) is 0 Å². The van der Waals surface area contributed by atoms with Crippen molar-refractivity contribution in [2.24, 2.45) is 0 Å². The maximum absolute atomic E-state index is 13.0. The monoisotopic (exact) mass is 470 g/mol. The molecule has 10 heteroatoms. The third kappa shape index (κ3) is 5.58. The van der Waals surface area contributed by atoms with Crippen molar-refractivity contribution in [2.75, 3.05) is 5.32 Å². The van der Waals surface area contributed by atoms with Crippen molar-refractivity contribution >= 4 is 40.6 Å². The number of anilines is 1. The average Bonchev–Trinajstić information content (AvgIpc) is 2.80. The van der Waals surface area contributed by atoms with E-state index in [2.05, 4.69) is 5.32 Å². The Balaban J connectivity index is 1.79. The minimum Gasteiger partial charge on any atom is -0.449 e. The van der Waals surface area contributed by atoms with Crippen LogP contribution in [0.1, 0.15) is 33.2 Å². The average molecular weight is 471 g/mol. The number of carbonyl (C=O) groups is 3. The Hall–Kier alpha value is -4.11. The van der Waals surface area contributed by atoms with Crippen molar-refractivity contribution in [3.8, 4) is 0 Å². The molecule has 0 fully saturated rings. The Morgan fingerprint density at radius 1 is 1.03 bits per heavy atom. The molecule has 3 aromatic carbocycles. The highest BCUT2D eigenvalue weighted by atomic mass is 35.5. The van der Waals surface area contributed by atoms with E-state index in [1.807, 2.05) is 0 Å². The van der Waals surface area contributed by atoms with E-state index in [1.165, 1.54) is 55.5 Å². The summed E-state index contributed by atoms with van der Waals surface area (Å²) in [4.78, 5) is 48.4. The number of halogens is 2. The van der Waals surface area contributed by atoms with Gasteiger partial charge < -0.3 is 10.1 Å². The molecule has 1 unspecified atom stereocenters. The highest BCUT2D eigenvalue weighted by Gasteiger charge is 2.25. The number of amides is 1. The highest BCUT2D eigenvalue weighted by Crippen LogP contribution is 2.27. The van der Waals surface area contributed by atoms with Crippen molar-refractivity contribution in [2.45, 2.75) is 13.0 Å². The third-order valence-corrected chi connectivity index (χ3v) is 4.88. The summed E-state index contributed by atoms with van der Waals surface area (Å²) in [6.07, 6.45) is -1.23. The predicted octanol–water partition coefficient (Wildman–Crippen LogP) is 4.80. The molecule has 0 bridgehead atoms. The zero-order valence-corrected chi connectivity index (χ0v) is 17.8. The normalized spacial score (nSPS) is 11.4. The second-order valence-corrected chi connectivity index (χ2v) is 7.25. The van der Waals surface area contributed by atoms with E-state index in [0.29, 0.717) is 5.69 Å². The number of nitrogens with one attached hydrogen (secondary N) is 1. The Morgan fingerprint density at radius 3 is 2.30 bits per heavy atom.